The number of ether oxygens (including phenoxy) is 1. The normalized spacial score (nSPS) is 17.1. The number of hydrogen-bond acceptors (Lipinski definition) is 5. The fraction of sp³-hybridized carbons (Fsp3) is 0.429. The van der Waals surface area contributed by atoms with Gasteiger partial charge in [0.2, 0.25) is 0 Å². The van der Waals surface area contributed by atoms with Gasteiger partial charge in [0.1, 0.15) is 17.7 Å². The Labute approximate surface area is 122 Å². The van der Waals surface area contributed by atoms with Crippen molar-refractivity contribution in [2.24, 2.45) is 12.8 Å². The number of rotatable bonds is 4. The summed E-state index contributed by atoms with van der Waals surface area (Å²) in [4.78, 5) is 0. The van der Waals surface area contributed by atoms with Crippen molar-refractivity contribution in [3.63, 3.8) is 0 Å². The number of nitrogens with two attached hydrogens (primary N) is 1. The second-order valence-electron chi connectivity index (χ2n) is 5.03. The monoisotopic (exact) mass is 290 g/mol. The zero-order valence-corrected chi connectivity index (χ0v) is 12.5. The highest BCUT2D eigenvalue weighted by atomic mass is 32.2. The SMILES string of the molecule is Cc1ccc2c(c1)CC(CSc1nnc(CN)n1C)O2. The number of aryl methyl sites for hydroxylation is 1. The molecule has 20 heavy (non-hydrogen) atoms. The molecule has 1 unspecified atom stereocenters. The molecule has 0 aliphatic carbocycles. The van der Waals surface area contributed by atoms with Crippen LogP contribution in [-0.2, 0) is 20.0 Å². The maximum atomic E-state index is 5.95. The topological polar surface area (TPSA) is 66.0 Å². The van der Waals surface area contributed by atoms with Gasteiger partial charge in [0.25, 0.3) is 0 Å². The molecule has 0 fully saturated rings. The number of aromatic nitrogens is 3. The van der Waals surface area contributed by atoms with Crippen molar-refractivity contribution in [3.05, 3.63) is 35.2 Å². The molecular weight excluding hydrogens is 272 g/mol. The quantitative estimate of drug-likeness (QED) is 0.868. The van der Waals surface area contributed by atoms with E-state index in [1.54, 1.807) is 11.8 Å². The number of hydrogen-bond donors (Lipinski definition) is 1. The second-order valence-corrected chi connectivity index (χ2v) is 6.02. The molecule has 106 valence electrons. The first-order chi connectivity index (χ1) is 9.67. The average molecular weight is 290 g/mol. The van der Waals surface area contributed by atoms with E-state index in [2.05, 4.69) is 35.3 Å². The summed E-state index contributed by atoms with van der Waals surface area (Å²) >= 11 is 1.66. The molecule has 1 atom stereocenters. The van der Waals surface area contributed by atoms with Crippen molar-refractivity contribution < 1.29 is 4.74 Å². The Morgan fingerprint density at radius 3 is 3.05 bits per heavy atom. The summed E-state index contributed by atoms with van der Waals surface area (Å²) in [6.45, 7) is 2.52. The van der Waals surface area contributed by atoms with Crippen LogP contribution in [0.5, 0.6) is 5.75 Å². The molecule has 2 N–H and O–H groups in total. The Hall–Kier alpha value is -1.53. The number of thioether (sulfide) groups is 1. The number of fused-ring (bicyclic) bond motifs is 1. The highest BCUT2D eigenvalue weighted by Gasteiger charge is 2.23. The standard InChI is InChI=1S/C14H18N4OS/c1-9-3-4-12-10(5-9)6-11(19-12)8-20-14-17-16-13(7-15)18(14)2/h3-5,11H,6-8,15H2,1-2H3. The van der Waals surface area contributed by atoms with Gasteiger partial charge in [-0.3, -0.25) is 0 Å². The summed E-state index contributed by atoms with van der Waals surface area (Å²) in [5.41, 5.74) is 8.18. The molecule has 2 heterocycles. The number of benzene rings is 1. The van der Waals surface area contributed by atoms with Crippen LogP contribution in [0.2, 0.25) is 0 Å². The Bertz CT molecular complexity index is 626. The van der Waals surface area contributed by atoms with E-state index in [-0.39, 0.29) is 6.10 Å². The van der Waals surface area contributed by atoms with Gasteiger partial charge in [0, 0.05) is 19.2 Å². The maximum absolute atomic E-state index is 5.95. The van der Waals surface area contributed by atoms with Crippen molar-refractivity contribution in [2.75, 3.05) is 5.75 Å². The van der Waals surface area contributed by atoms with E-state index in [1.165, 1.54) is 11.1 Å². The first-order valence-electron chi connectivity index (χ1n) is 6.64. The zero-order chi connectivity index (χ0) is 14.1. The van der Waals surface area contributed by atoms with Crippen molar-refractivity contribution in [1.29, 1.82) is 0 Å². The molecule has 0 spiro atoms. The van der Waals surface area contributed by atoms with Crippen molar-refractivity contribution in [3.8, 4) is 5.75 Å². The lowest BCUT2D eigenvalue weighted by Crippen LogP contribution is -2.16. The Morgan fingerprint density at radius 2 is 2.30 bits per heavy atom. The van der Waals surface area contributed by atoms with Crippen molar-refractivity contribution in [1.82, 2.24) is 14.8 Å². The molecule has 0 amide bonds. The van der Waals surface area contributed by atoms with Gasteiger partial charge in [-0.2, -0.15) is 0 Å². The van der Waals surface area contributed by atoms with Crippen LogP contribution in [0.15, 0.2) is 23.4 Å². The smallest absolute Gasteiger partial charge is 0.191 e. The Kier molecular flexibility index (Phi) is 3.67. The van der Waals surface area contributed by atoms with Gasteiger partial charge in [0.15, 0.2) is 5.16 Å². The molecule has 1 aliphatic rings. The lowest BCUT2D eigenvalue weighted by molar-refractivity contribution is 0.259. The first kappa shape index (κ1) is 13.5. The van der Waals surface area contributed by atoms with Gasteiger partial charge in [0.05, 0.1) is 6.54 Å². The van der Waals surface area contributed by atoms with Gasteiger partial charge in [-0.1, -0.05) is 29.5 Å². The minimum absolute atomic E-state index is 0.204. The van der Waals surface area contributed by atoms with E-state index < -0.39 is 0 Å². The van der Waals surface area contributed by atoms with Crippen molar-refractivity contribution in [2.45, 2.75) is 31.1 Å². The molecular formula is C14H18N4OS. The van der Waals surface area contributed by atoms with E-state index in [9.17, 15) is 0 Å². The third kappa shape index (κ3) is 2.53. The molecule has 6 heteroatoms. The van der Waals surface area contributed by atoms with Crippen LogP contribution in [0.4, 0.5) is 0 Å². The summed E-state index contributed by atoms with van der Waals surface area (Å²) in [5, 5.41) is 9.10. The van der Waals surface area contributed by atoms with Gasteiger partial charge in [-0.05, 0) is 18.6 Å². The van der Waals surface area contributed by atoms with E-state index in [0.717, 1.165) is 28.9 Å². The highest BCUT2D eigenvalue weighted by molar-refractivity contribution is 7.99. The Balaban J connectivity index is 1.62. The molecule has 5 nitrogen and oxygen atoms in total. The van der Waals surface area contributed by atoms with Crippen LogP contribution < -0.4 is 10.5 Å². The van der Waals surface area contributed by atoms with Gasteiger partial charge in [-0.25, -0.2) is 0 Å². The fourth-order valence-corrected chi connectivity index (χ4v) is 3.28. The third-order valence-corrected chi connectivity index (χ3v) is 4.62. The summed E-state index contributed by atoms with van der Waals surface area (Å²) < 4.78 is 7.90. The zero-order valence-electron chi connectivity index (χ0n) is 11.7. The third-order valence-electron chi connectivity index (χ3n) is 3.46. The van der Waals surface area contributed by atoms with Crippen LogP contribution in [0.25, 0.3) is 0 Å². The summed E-state index contributed by atoms with van der Waals surface area (Å²) in [6, 6.07) is 6.35. The van der Waals surface area contributed by atoms with Crippen LogP contribution >= 0.6 is 11.8 Å². The van der Waals surface area contributed by atoms with Gasteiger partial charge >= 0.3 is 0 Å². The average Bonchev–Trinajstić information content (AvgIpc) is 2.99. The first-order valence-corrected chi connectivity index (χ1v) is 7.63. The molecule has 0 bridgehead atoms. The van der Waals surface area contributed by atoms with E-state index in [1.807, 2.05) is 11.6 Å². The predicted octanol–water partition coefficient (Wildman–Crippen LogP) is 1.68. The van der Waals surface area contributed by atoms with Crippen LogP contribution in [0, 0.1) is 6.92 Å². The summed E-state index contributed by atoms with van der Waals surface area (Å²) in [7, 11) is 1.94. The van der Waals surface area contributed by atoms with Gasteiger partial charge < -0.3 is 15.0 Å². The lowest BCUT2D eigenvalue weighted by Gasteiger charge is -2.09. The van der Waals surface area contributed by atoms with Crippen LogP contribution in [-0.4, -0.2) is 26.6 Å². The molecule has 0 saturated heterocycles. The summed E-state index contributed by atoms with van der Waals surface area (Å²) in [5.74, 6) is 2.69. The van der Waals surface area contributed by atoms with E-state index in [4.69, 9.17) is 10.5 Å². The van der Waals surface area contributed by atoms with Crippen LogP contribution in [0.3, 0.4) is 0 Å². The van der Waals surface area contributed by atoms with Crippen LogP contribution in [0.1, 0.15) is 17.0 Å². The fourth-order valence-electron chi connectivity index (χ4n) is 2.36. The largest absolute Gasteiger partial charge is 0.489 e. The number of nitrogens with zero attached hydrogens (tertiary/aromatic N) is 3. The minimum atomic E-state index is 0.204. The van der Waals surface area contributed by atoms with Crippen molar-refractivity contribution >= 4 is 11.8 Å². The molecule has 0 saturated carbocycles. The van der Waals surface area contributed by atoms with E-state index in [0.29, 0.717) is 6.54 Å². The summed E-state index contributed by atoms with van der Waals surface area (Å²) in [6.07, 6.45) is 1.17. The molecule has 1 aromatic carbocycles. The highest BCUT2D eigenvalue weighted by Crippen LogP contribution is 2.31. The maximum Gasteiger partial charge on any atom is 0.191 e. The van der Waals surface area contributed by atoms with Gasteiger partial charge in [-0.15, -0.1) is 10.2 Å². The Morgan fingerprint density at radius 1 is 1.45 bits per heavy atom. The molecule has 3 rings (SSSR count). The minimum Gasteiger partial charge on any atom is -0.489 e. The molecule has 0 radical (unpaired) electrons. The second kappa shape index (κ2) is 5.46. The molecule has 1 aromatic heterocycles. The predicted molar refractivity (Wildman–Crippen MR) is 78.9 cm³/mol. The van der Waals surface area contributed by atoms with E-state index >= 15 is 0 Å². The lowest BCUT2D eigenvalue weighted by atomic mass is 10.1. The molecule has 2 aromatic rings. The molecule has 1 aliphatic heterocycles.